The van der Waals surface area contributed by atoms with E-state index in [-0.39, 0.29) is 22.1 Å². The molecule has 0 aromatic carbocycles. The molecule has 0 spiro atoms. The van der Waals surface area contributed by atoms with Crippen LogP contribution in [0, 0.1) is 0 Å². The Morgan fingerprint density at radius 2 is 1.88 bits per heavy atom. The van der Waals surface area contributed by atoms with Crippen LogP contribution in [0.2, 0.25) is 0 Å². The summed E-state index contributed by atoms with van der Waals surface area (Å²) in [6.07, 6.45) is 0. The summed E-state index contributed by atoms with van der Waals surface area (Å²) in [7, 11) is 0. The number of amides is 2. The summed E-state index contributed by atoms with van der Waals surface area (Å²) in [4.78, 5) is 23.2. The molecule has 2 amide bonds. The van der Waals surface area contributed by atoms with Gasteiger partial charge in [0.15, 0.2) is 0 Å². The average Bonchev–Trinajstić information content (AvgIpc) is 2.63. The van der Waals surface area contributed by atoms with Gasteiger partial charge in [-0.1, -0.05) is 11.3 Å². The third kappa shape index (κ3) is 3.99. The SMILES string of the molecule is CC(C)NC(=O)C(C)NC(=O)c1nnc(N)s1. The number of hydrogen-bond donors (Lipinski definition) is 3. The van der Waals surface area contributed by atoms with Gasteiger partial charge >= 0.3 is 0 Å². The summed E-state index contributed by atoms with van der Waals surface area (Å²) in [6, 6.07) is -0.603. The Bertz CT molecular complexity index is 417. The molecule has 1 heterocycles. The van der Waals surface area contributed by atoms with E-state index in [1.54, 1.807) is 6.92 Å². The number of carbonyl (C=O) groups is 2. The molecular weight excluding hydrogens is 242 g/mol. The summed E-state index contributed by atoms with van der Waals surface area (Å²) in [5.74, 6) is -0.698. The fraction of sp³-hybridized carbons (Fsp3) is 0.556. The molecule has 0 fully saturated rings. The summed E-state index contributed by atoms with van der Waals surface area (Å²) in [5, 5.41) is 12.7. The van der Waals surface area contributed by atoms with Crippen LogP contribution in [-0.2, 0) is 4.79 Å². The van der Waals surface area contributed by atoms with E-state index in [4.69, 9.17) is 5.73 Å². The van der Waals surface area contributed by atoms with E-state index in [9.17, 15) is 9.59 Å². The lowest BCUT2D eigenvalue weighted by atomic mass is 10.3. The Labute approximate surface area is 103 Å². The molecule has 0 radical (unpaired) electrons. The van der Waals surface area contributed by atoms with Crippen molar-refractivity contribution in [1.29, 1.82) is 0 Å². The van der Waals surface area contributed by atoms with Gasteiger partial charge in [0.1, 0.15) is 6.04 Å². The Morgan fingerprint density at radius 1 is 1.24 bits per heavy atom. The molecule has 7 nitrogen and oxygen atoms in total. The first-order chi connectivity index (χ1) is 7.90. The topological polar surface area (TPSA) is 110 Å². The zero-order chi connectivity index (χ0) is 13.0. The average molecular weight is 257 g/mol. The number of nitrogen functional groups attached to an aromatic ring is 1. The second kappa shape index (κ2) is 5.58. The smallest absolute Gasteiger partial charge is 0.282 e. The van der Waals surface area contributed by atoms with Crippen LogP contribution in [0.4, 0.5) is 5.13 Å². The summed E-state index contributed by atoms with van der Waals surface area (Å²) in [6.45, 7) is 5.29. The van der Waals surface area contributed by atoms with Crippen molar-refractivity contribution in [2.45, 2.75) is 32.9 Å². The van der Waals surface area contributed by atoms with Crippen LogP contribution in [0.1, 0.15) is 30.6 Å². The lowest BCUT2D eigenvalue weighted by Crippen LogP contribution is -2.46. The minimum atomic E-state index is -0.630. The Kier molecular flexibility index (Phi) is 4.38. The molecular formula is C9H15N5O2S. The zero-order valence-electron chi connectivity index (χ0n) is 9.85. The van der Waals surface area contributed by atoms with Crippen molar-refractivity contribution in [3.8, 4) is 0 Å². The number of carbonyl (C=O) groups excluding carboxylic acids is 2. The monoisotopic (exact) mass is 257 g/mol. The number of rotatable bonds is 4. The van der Waals surface area contributed by atoms with Gasteiger partial charge in [0.2, 0.25) is 16.0 Å². The molecule has 1 atom stereocenters. The van der Waals surface area contributed by atoms with Crippen molar-refractivity contribution in [3.63, 3.8) is 0 Å². The number of nitrogens with two attached hydrogens (primary N) is 1. The third-order valence-electron chi connectivity index (χ3n) is 1.81. The van der Waals surface area contributed by atoms with E-state index in [0.29, 0.717) is 0 Å². The van der Waals surface area contributed by atoms with Gasteiger partial charge in [0.05, 0.1) is 0 Å². The Hall–Kier alpha value is -1.70. The number of aromatic nitrogens is 2. The highest BCUT2D eigenvalue weighted by Crippen LogP contribution is 2.10. The quantitative estimate of drug-likeness (QED) is 0.689. The second-order valence-corrected chi connectivity index (χ2v) is 4.81. The predicted octanol–water partition coefficient (Wildman–Crippen LogP) is -0.237. The van der Waals surface area contributed by atoms with Crippen molar-refractivity contribution < 1.29 is 9.59 Å². The highest BCUT2D eigenvalue weighted by molar-refractivity contribution is 7.16. The van der Waals surface area contributed by atoms with Gasteiger partial charge in [-0.3, -0.25) is 9.59 Å². The highest BCUT2D eigenvalue weighted by Gasteiger charge is 2.19. The van der Waals surface area contributed by atoms with Crippen LogP contribution < -0.4 is 16.4 Å². The predicted molar refractivity (Wildman–Crippen MR) is 64.5 cm³/mol. The maximum atomic E-state index is 11.6. The first-order valence-corrected chi connectivity index (χ1v) is 5.92. The van der Waals surface area contributed by atoms with Crippen LogP contribution >= 0.6 is 11.3 Å². The molecule has 4 N–H and O–H groups in total. The first-order valence-electron chi connectivity index (χ1n) is 5.10. The van der Waals surface area contributed by atoms with Crippen molar-refractivity contribution in [3.05, 3.63) is 5.01 Å². The Balaban J connectivity index is 2.54. The summed E-state index contributed by atoms with van der Waals surface area (Å²) >= 11 is 0.975. The third-order valence-corrected chi connectivity index (χ3v) is 2.56. The molecule has 8 heteroatoms. The molecule has 0 aliphatic rings. The Morgan fingerprint density at radius 3 is 2.35 bits per heavy atom. The molecule has 1 unspecified atom stereocenters. The van der Waals surface area contributed by atoms with Crippen molar-refractivity contribution in [2.24, 2.45) is 0 Å². The molecule has 0 bridgehead atoms. The fourth-order valence-electron chi connectivity index (χ4n) is 1.06. The van der Waals surface area contributed by atoms with Crippen molar-refractivity contribution >= 4 is 28.3 Å². The van der Waals surface area contributed by atoms with Crippen LogP contribution in [-0.4, -0.2) is 34.1 Å². The number of nitrogens with one attached hydrogen (secondary N) is 2. The number of hydrogen-bond acceptors (Lipinski definition) is 6. The molecule has 0 aliphatic heterocycles. The number of anilines is 1. The lowest BCUT2D eigenvalue weighted by Gasteiger charge is -2.14. The van der Waals surface area contributed by atoms with E-state index in [2.05, 4.69) is 20.8 Å². The molecule has 1 rings (SSSR count). The van der Waals surface area contributed by atoms with Crippen LogP contribution in [0.25, 0.3) is 0 Å². The van der Waals surface area contributed by atoms with Crippen LogP contribution in [0.15, 0.2) is 0 Å². The lowest BCUT2D eigenvalue weighted by molar-refractivity contribution is -0.123. The normalized spacial score (nSPS) is 12.2. The first kappa shape index (κ1) is 13.4. The summed E-state index contributed by atoms with van der Waals surface area (Å²) < 4.78 is 0. The van der Waals surface area contributed by atoms with Gasteiger partial charge in [-0.05, 0) is 20.8 Å². The molecule has 1 aromatic rings. The molecule has 0 aliphatic carbocycles. The van der Waals surface area contributed by atoms with Gasteiger partial charge in [0, 0.05) is 6.04 Å². The van der Waals surface area contributed by atoms with Crippen molar-refractivity contribution in [2.75, 3.05) is 5.73 Å². The van der Waals surface area contributed by atoms with Gasteiger partial charge in [-0.15, -0.1) is 10.2 Å². The second-order valence-electron chi connectivity index (χ2n) is 3.80. The fourth-order valence-corrected chi connectivity index (χ4v) is 1.57. The number of nitrogens with zero attached hydrogens (tertiary/aromatic N) is 2. The van der Waals surface area contributed by atoms with E-state index in [1.807, 2.05) is 13.8 Å². The van der Waals surface area contributed by atoms with E-state index in [0.717, 1.165) is 11.3 Å². The van der Waals surface area contributed by atoms with Gasteiger partial charge in [-0.2, -0.15) is 0 Å². The molecule has 17 heavy (non-hydrogen) atoms. The maximum absolute atomic E-state index is 11.6. The van der Waals surface area contributed by atoms with Crippen LogP contribution in [0.5, 0.6) is 0 Å². The standard InChI is InChI=1S/C9H15N5O2S/c1-4(2)11-6(15)5(3)12-7(16)8-13-14-9(10)17-8/h4-5H,1-3H3,(H2,10,14)(H,11,15)(H,12,16). The van der Waals surface area contributed by atoms with Gasteiger partial charge in [-0.25, -0.2) is 0 Å². The molecule has 0 saturated carbocycles. The van der Waals surface area contributed by atoms with Crippen molar-refractivity contribution in [1.82, 2.24) is 20.8 Å². The largest absolute Gasteiger partial charge is 0.374 e. The zero-order valence-corrected chi connectivity index (χ0v) is 10.7. The molecule has 94 valence electrons. The van der Waals surface area contributed by atoms with Crippen LogP contribution in [0.3, 0.4) is 0 Å². The minimum absolute atomic E-state index is 0.0269. The van der Waals surface area contributed by atoms with E-state index >= 15 is 0 Å². The van der Waals surface area contributed by atoms with Gasteiger partial charge in [0.25, 0.3) is 5.91 Å². The highest BCUT2D eigenvalue weighted by atomic mass is 32.1. The molecule has 0 saturated heterocycles. The maximum Gasteiger partial charge on any atom is 0.282 e. The van der Waals surface area contributed by atoms with E-state index in [1.165, 1.54) is 0 Å². The van der Waals surface area contributed by atoms with E-state index < -0.39 is 11.9 Å². The minimum Gasteiger partial charge on any atom is -0.374 e. The summed E-state index contributed by atoms with van der Waals surface area (Å²) in [5.41, 5.74) is 5.36. The van der Waals surface area contributed by atoms with Gasteiger partial charge < -0.3 is 16.4 Å². The molecule has 1 aromatic heterocycles.